The van der Waals surface area contributed by atoms with Gasteiger partial charge in [0, 0.05) is 31.0 Å². The first kappa shape index (κ1) is 18.1. The van der Waals surface area contributed by atoms with Crippen LogP contribution in [0.2, 0.25) is 5.02 Å². The lowest BCUT2D eigenvalue weighted by Gasteiger charge is -2.32. The van der Waals surface area contributed by atoms with E-state index in [1.54, 1.807) is 11.3 Å². The van der Waals surface area contributed by atoms with Gasteiger partial charge >= 0.3 is 5.97 Å². The van der Waals surface area contributed by atoms with Gasteiger partial charge in [-0.1, -0.05) is 35.1 Å². The molecule has 0 saturated carbocycles. The van der Waals surface area contributed by atoms with E-state index in [1.165, 1.54) is 0 Å². The first-order chi connectivity index (χ1) is 13.1. The number of nitrogens with zero attached hydrogens (tertiary/aromatic N) is 2. The summed E-state index contributed by atoms with van der Waals surface area (Å²) in [5, 5.41) is 10.7. The van der Waals surface area contributed by atoms with Gasteiger partial charge in [0.2, 0.25) is 0 Å². The largest absolute Gasteiger partial charge is 0.490 e. The first-order valence-electron chi connectivity index (χ1n) is 8.85. The highest BCUT2D eigenvalue weighted by atomic mass is 35.5. The lowest BCUT2D eigenvalue weighted by atomic mass is 10.1. The maximum Gasteiger partial charge on any atom is 0.307 e. The zero-order chi connectivity index (χ0) is 18.8. The van der Waals surface area contributed by atoms with Crippen LogP contribution >= 0.6 is 22.9 Å². The van der Waals surface area contributed by atoms with E-state index in [0.29, 0.717) is 0 Å². The quantitative estimate of drug-likeness (QED) is 0.674. The average Bonchev–Trinajstić information content (AvgIpc) is 3.05. The summed E-state index contributed by atoms with van der Waals surface area (Å²) >= 11 is 7.73. The summed E-state index contributed by atoms with van der Waals surface area (Å²) in [4.78, 5) is 17.9. The molecule has 27 heavy (non-hydrogen) atoms. The highest BCUT2D eigenvalue weighted by Crippen LogP contribution is 2.32. The SMILES string of the molecule is O=C(O)Cc1cccc(OC2CCN(c3nc4ccc(Cl)cc4s3)CC2)c1. The third-order valence-corrected chi connectivity index (χ3v) is 5.92. The van der Waals surface area contributed by atoms with Crippen molar-refractivity contribution in [3.63, 3.8) is 0 Å². The number of aromatic nitrogens is 1. The number of hydrogen-bond acceptors (Lipinski definition) is 5. The number of rotatable bonds is 5. The van der Waals surface area contributed by atoms with Crippen LogP contribution < -0.4 is 9.64 Å². The fourth-order valence-corrected chi connectivity index (χ4v) is 4.58. The van der Waals surface area contributed by atoms with E-state index in [2.05, 4.69) is 4.90 Å². The summed E-state index contributed by atoms with van der Waals surface area (Å²) in [6.07, 6.45) is 1.95. The second-order valence-electron chi connectivity index (χ2n) is 6.63. The molecule has 0 radical (unpaired) electrons. The Morgan fingerprint density at radius 3 is 2.85 bits per heavy atom. The van der Waals surface area contributed by atoms with Gasteiger partial charge in [-0.25, -0.2) is 4.98 Å². The molecule has 5 nitrogen and oxygen atoms in total. The van der Waals surface area contributed by atoms with E-state index in [4.69, 9.17) is 26.4 Å². The van der Waals surface area contributed by atoms with Crippen molar-refractivity contribution in [1.29, 1.82) is 0 Å². The third-order valence-electron chi connectivity index (χ3n) is 4.61. The number of carboxylic acid groups (broad SMARTS) is 1. The van der Waals surface area contributed by atoms with Crippen LogP contribution in [0.4, 0.5) is 5.13 Å². The topological polar surface area (TPSA) is 62.7 Å². The molecule has 3 aromatic rings. The molecule has 0 aliphatic carbocycles. The Balaban J connectivity index is 1.37. The van der Waals surface area contributed by atoms with Gasteiger partial charge in [-0.15, -0.1) is 0 Å². The number of aliphatic carboxylic acids is 1. The number of fused-ring (bicyclic) bond motifs is 1. The van der Waals surface area contributed by atoms with Gasteiger partial charge in [0.1, 0.15) is 11.9 Å². The second-order valence-corrected chi connectivity index (χ2v) is 8.08. The Bertz CT molecular complexity index is 967. The summed E-state index contributed by atoms with van der Waals surface area (Å²) in [6.45, 7) is 1.76. The average molecular weight is 403 g/mol. The Labute approximate surface area is 166 Å². The third kappa shape index (κ3) is 4.34. The molecule has 2 aromatic carbocycles. The van der Waals surface area contributed by atoms with Crippen LogP contribution in [0, 0.1) is 0 Å². The van der Waals surface area contributed by atoms with Crippen molar-refractivity contribution >= 4 is 44.3 Å². The van der Waals surface area contributed by atoms with Gasteiger partial charge in [0.05, 0.1) is 16.6 Å². The summed E-state index contributed by atoms with van der Waals surface area (Å²) in [7, 11) is 0. The fraction of sp³-hybridized carbons (Fsp3) is 0.300. The summed E-state index contributed by atoms with van der Waals surface area (Å²) in [5.74, 6) is -0.0978. The van der Waals surface area contributed by atoms with Gasteiger partial charge in [-0.3, -0.25) is 4.79 Å². The molecule has 0 atom stereocenters. The fourth-order valence-electron chi connectivity index (χ4n) is 3.28. The molecular weight excluding hydrogens is 384 g/mol. The van der Waals surface area contributed by atoms with Crippen molar-refractivity contribution in [2.24, 2.45) is 0 Å². The Morgan fingerprint density at radius 1 is 1.26 bits per heavy atom. The van der Waals surface area contributed by atoms with E-state index in [1.807, 2.05) is 42.5 Å². The van der Waals surface area contributed by atoms with E-state index in [0.717, 1.165) is 57.6 Å². The molecule has 1 aromatic heterocycles. The Morgan fingerprint density at radius 2 is 2.07 bits per heavy atom. The van der Waals surface area contributed by atoms with Gasteiger partial charge in [0.15, 0.2) is 5.13 Å². The van der Waals surface area contributed by atoms with Crippen molar-refractivity contribution in [2.75, 3.05) is 18.0 Å². The van der Waals surface area contributed by atoms with E-state index in [9.17, 15) is 4.79 Å². The number of carboxylic acids is 1. The van der Waals surface area contributed by atoms with Crippen molar-refractivity contribution < 1.29 is 14.6 Å². The zero-order valence-electron chi connectivity index (χ0n) is 14.6. The number of halogens is 1. The molecule has 1 aliphatic rings. The van der Waals surface area contributed by atoms with Crippen molar-refractivity contribution in [3.05, 3.63) is 53.1 Å². The van der Waals surface area contributed by atoms with Gasteiger partial charge in [-0.2, -0.15) is 0 Å². The molecule has 140 valence electrons. The molecule has 0 amide bonds. The summed E-state index contributed by atoms with van der Waals surface area (Å²) in [6, 6.07) is 13.1. The Kier molecular flexibility index (Phi) is 5.18. The maximum absolute atomic E-state index is 10.9. The minimum absolute atomic E-state index is 0.0112. The van der Waals surface area contributed by atoms with E-state index < -0.39 is 5.97 Å². The van der Waals surface area contributed by atoms with Crippen molar-refractivity contribution in [3.8, 4) is 5.75 Å². The number of hydrogen-bond donors (Lipinski definition) is 1. The smallest absolute Gasteiger partial charge is 0.307 e. The number of thiazole rings is 1. The molecule has 2 heterocycles. The number of piperidine rings is 1. The second kappa shape index (κ2) is 7.74. The minimum atomic E-state index is -0.836. The van der Waals surface area contributed by atoms with Gasteiger partial charge in [0.25, 0.3) is 0 Å². The summed E-state index contributed by atoms with van der Waals surface area (Å²) < 4.78 is 7.19. The normalized spacial score (nSPS) is 15.2. The zero-order valence-corrected chi connectivity index (χ0v) is 16.2. The van der Waals surface area contributed by atoms with Crippen LogP contribution in [0.1, 0.15) is 18.4 Å². The molecule has 1 fully saturated rings. The molecule has 1 saturated heterocycles. The predicted octanol–water partition coefficient (Wildman–Crippen LogP) is 4.62. The maximum atomic E-state index is 10.9. The molecule has 0 unspecified atom stereocenters. The summed E-state index contributed by atoms with van der Waals surface area (Å²) in [5.41, 5.74) is 1.73. The van der Waals surface area contributed by atoms with Crippen LogP contribution in [0.3, 0.4) is 0 Å². The Hall–Kier alpha value is -2.31. The molecule has 4 rings (SSSR count). The lowest BCUT2D eigenvalue weighted by Crippen LogP contribution is -2.38. The molecule has 1 aliphatic heterocycles. The molecule has 1 N–H and O–H groups in total. The van der Waals surface area contributed by atoms with Crippen molar-refractivity contribution in [1.82, 2.24) is 4.98 Å². The highest BCUT2D eigenvalue weighted by molar-refractivity contribution is 7.22. The highest BCUT2D eigenvalue weighted by Gasteiger charge is 2.23. The van der Waals surface area contributed by atoms with E-state index in [-0.39, 0.29) is 12.5 Å². The van der Waals surface area contributed by atoms with Crippen LogP contribution in [-0.2, 0) is 11.2 Å². The minimum Gasteiger partial charge on any atom is -0.490 e. The first-order valence-corrected chi connectivity index (χ1v) is 10.0. The molecule has 7 heteroatoms. The van der Waals surface area contributed by atoms with Gasteiger partial charge < -0.3 is 14.7 Å². The molecular formula is C20H19ClN2O3S. The van der Waals surface area contributed by atoms with E-state index >= 15 is 0 Å². The van der Waals surface area contributed by atoms with Crippen LogP contribution in [0.25, 0.3) is 10.2 Å². The lowest BCUT2D eigenvalue weighted by molar-refractivity contribution is -0.136. The van der Waals surface area contributed by atoms with Crippen LogP contribution in [0.5, 0.6) is 5.75 Å². The van der Waals surface area contributed by atoms with Gasteiger partial charge in [-0.05, 0) is 35.9 Å². The van der Waals surface area contributed by atoms with Crippen LogP contribution in [0.15, 0.2) is 42.5 Å². The number of ether oxygens (including phenoxy) is 1. The molecule has 0 bridgehead atoms. The molecule has 0 spiro atoms. The number of benzene rings is 2. The monoisotopic (exact) mass is 402 g/mol. The standard InChI is InChI=1S/C20H19ClN2O3S/c21-14-4-5-17-18(12-14)27-20(22-17)23-8-6-15(7-9-23)26-16-3-1-2-13(10-16)11-19(24)25/h1-5,10,12,15H,6-9,11H2,(H,24,25). The number of carbonyl (C=O) groups is 1. The van der Waals surface area contributed by atoms with Crippen molar-refractivity contribution in [2.45, 2.75) is 25.4 Å². The predicted molar refractivity (Wildman–Crippen MR) is 108 cm³/mol. The number of anilines is 1. The van der Waals surface area contributed by atoms with Crippen LogP contribution in [-0.4, -0.2) is 35.3 Å².